The first-order valence-corrected chi connectivity index (χ1v) is 7.21. The van der Waals surface area contributed by atoms with Crippen LogP contribution in [0.5, 0.6) is 0 Å². The van der Waals surface area contributed by atoms with Crippen molar-refractivity contribution in [2.24, 2.45) is 0 Å². The summed E-state index contributed by atoms with van der Waals surface area (Å²) < 4.78 is 0. The lowest BCUT2D eigenvalue weighted by molar-refractivity contribution is 0.627. The third kappa shape index (κ3) is 2.93. The van der Waals surface area contributed by atoms with Crippen LogP contribution in [0, 0.1) is 0 Å². The topological polar surface area (TPSA) is 37.8 Å². The Bertz CT molecular complexity index is 569. The molecule has 0 radical (unpaired) electrons. The number of nitrogens with zero attached hydrogens (tertiary/aromatic N) is 2. The van der Waals surface area contributed by atoms with Gasteiger partial charge in [-0.3, -0.25) is 0 Å². The summed E-state index contributed by atoms with van der Waals surface area (Å²) in [6.45, 7) is 10.5. The molecule has 2 aromatic rings. The molecule has 0 aliphatic rings. The van der Waals surface area contributed by atoms with Crippen molar-refractivity contribution in [3.8, 4) is 0 Å². The molecule has 5 heteroatoms. The lowest BCUT2D eigenvalue weighted by atomic mass is 10.1. The number of fused-ring (bicyclic) bond motifs is 1. The van der Waals surface area contributed by atoms with E-state index < -0.39 is 0 Å². The van der Waals surface area contributed by atoms with Gasteiger partial charge in [0.2, 0.25) is 5.95 Å². The summed E-state index contributed by atoms with van der Waals surface area (Å²) in [4.78, 5) is 11.1. The first-order valence-electron chi connectivity index (χ1n) is 6.01. The van der Waals surface area contributed by atoms with Gasteiger partial charge in [-0.05, 0) is 32.8 Å². The second kappa shape index (κ2) is 4.67. The van der Waals surface area contributed by atoms with Gasteiger partial charge in [0, 0.05) is 15.8 Å². The molecule has 0 atom stereocenters. The number of thiophene rings is 1. The molecule has 3 nitrogen and oxygen atoms in total. The highest BCUT2D eigenvalue weighted by Gasteiger charge is 2.15. The maximum Gasteiger partial charge on any atom is 0.225 e. The Balaban J connectivity index is 2.48. The van der Waals surface area contributed by atoms with Gasteiger partial charge in [0.05, 0.1) is 0 Å². The van der Waals surface area contributed by atoms with Gasteiger partial charge in [-0.25, -0.2) is 9.97 Å². The molecule has 0 amide bonds. The second-order valence-electron chi connectivity index (χ2n) is 5.74. The van der Waals surface area contributed by atoms with Crippen molar-refractivity contribution in [1.82, 2.24) is 9.97 Å². The Morgan fingerprint density at radius 3 is 2.50 bits per heavy atom. The number of aromatic nitrogens is 2. The van der Waals surface area contributed by atoms with Crippen LogP contribution in [-0.2, 0) is 0 Å². The van der Waals surface area contributed by atoms with Gasteiger partial charge in [-0.1, -0.05) is 25.4 Å². The number of hydrogen-bond acceptors (Lipinski definition) is 4. The van der Waals surface area contributed by atoms with Gasteiger partial charge >= 0.3 is 0 Å². The van der Waals surface area contributed by atoms with Crippen molar-refractivity contribution < 1.29 is 0 Å². The molecule has 0 fully saturated rings. The van der Waals surface area contributed by atoms with E-state index in [0.29, 0.717) is 17.0 Å². The fraction of sp³-hybridized carbons (Fsp3) is 0.538. The number of nitrogens with one attached hydrogen (secondary N) is 1. The molecule has 0 spiro atoms. The molecule has 0 bridgehead atoms. The van der Waals surface area contributed by atoms with Crippen LogP contribution in [-0.4, -0.2) is 15.5 Å². The van der Waals surface area contributed by atoms with Crippen molar-refractivity contribution >= 4 is 39.1 Å². The Morgan fingerprint density at radius 2 is 1.94 bits per heavy atom. The van der Waals surface area contributed by atoms with Crippen LogP contribution in [0.3, 0.4) is 0 Å². The van der Waals surface area contributed by atoms with E-state index in [1.807, 2.05) is 0 Å². The van der Waals surface area contributed by atoms with Gasteiger partial charge < -0.3 is 5.32 Å². The quantitative estimate of drug-likeness (QED) is 0.813. The fourth-order valence-electron chi connectivity index (χ4n) is 1.58. The first-order chi connectivity index (χ1) is 8.26. The number of anilines is 1. The van der Waals surface area contributed by atoms with Gasteiger partial charge in [-0.2, -0.15) is 0 Å². The normalized spacial score (nSPS) is 12.4. The molecule has 2 rings (SSSR count). The predicted molar refractivity (Wildman–Crippen MR) is 79.9 cm³/mol. The average molecular weight is 284 g/mol. The van der Waals surface area contributed by atoms with E-state index in [2.05, 4.69) is 56.0 Å². The zero-order valence-electron chi connectivity index (χ0n) is 11.3. The van der Waals surface area contributed by atoms with Crippen LogP contribution in [0.15, 0.2) is 6.07 Å². The van der Waals surface area contributed by atoms with Crippen LogP contribution in [0.1, 0.15) is 45.4 Å². The Labute approximate surface area is 117 Å². The largest absolute Gasteiger partial charge is 0.350 e. The lowest BCUT2D eigenvalue weighted by Gasteiger charge is -2.20. The molecule has 2 heterocycles. The number of halogens is 1. The third-order valence-electron chi connectivity index (χ3n) is 2.42. The summed E-state index contributed by atoms with van der Waals surface area (Å²) in [5.41, 5.74) is -0.0743. The van der Waals surface area contributed by atoms with Gasteiger partial charge in [0.1, 0.15) is 9.98 Å². The maximum absolute atomic E-state index is 6.22. The summed E-state index contributed by atoms with van der Waals surface area (Å²) >= 11 is 7.91. The summed E-state index contributed by atoms with van der Waals surface area (Å²) in [7, 11) is 0. The van der Waals surface area contributed by atoms with Crippen molar-refractivity contribution in [2.75, 3.05) is 5.32 Å². The standard InChI is InChI=1S/C13H18ClN3S/c1-7(2)9-6-8-10(14)15-12(16-11(8)18-9)17-13(3,4)5/h6-7H,1-5H3,(H,15,16,17). The predicted octanol–water partition coefficient (Wildman–Crippen LogP) is 4.68. The number of hydrogen-bond donors (Lipinski definition) is 1. The van der Waals surface area contributed by atoms with Crippen LogP contribution < -0.4 is 5.32 Å². The lowest BCUT2D eigenvalue weighted by Crippen LogP contribution is -2.27. The summed E-state index contributed by atoms with van der Waals surface area (Å²) in [5.74, 6) is 1.08. The van der Waals surface area contributed by atoms with Crippen LogP contribution in [0.4, 0.5) is 5.95 Å². The van der Waals surface area contributed by atoms with E-state index in [0.717, 1.165) is 10.2 Å². The maximum atomic E-state index is 6.22. The van der Waals surface area contributed by atoms with Crippen LogP contribution in [0.2, 0.25) is 5.15 Å². The molecular weight excluding hydrogens is 266 g/mol. The van der Waals surface area contributed by atoms with E-state index in [9.17, 15) is 0 Å². The van der Waals surface area contributed by atoms with Gasteiger partial charge in [-0.15, -0.1) is 11.3 Å². The highest BCUT2D eigenvalue weighted by Crippen LogP contribution is 2.33. The van der Waals surface area contributed by atoms with E-state index in [1.165, 1.54) is 4.88 Å². The fourth-order valence-corrected chi connectivity index (χ4v) is 2.89. The smallest absolute Gasteiger partial charge is 0.225 e. The molecule has 0 saturated carbocycles. The monoisotopic (exact) mass is 283 g/mol. The Morgan fingerprint density at radius 1 is 1.28 bits per heavy atom. The third-order valence-corrected chi connectivity index (χ3v) is 4.04. The Kier molecular flexibility index (Phi) is 3.52. The van der Waals surface area contributed by atoms with Gasteiger partial charge in [0.15, 0.2) is 0 Å². The van der Waals surface area contributed by atoms with Crippen LogP contribution in [0.25, 0.3) is 10.2 Å². The molecule has 2 aromatic heterocycles. The highest BCUT2D eigenvalue weighted by atomic mass is 35.5. The molecule has 0 aliphatic carbocycles. The molecule has 1 N–H and O–H groups in total. The average Bonchev–Trinajstić information content (AvgIpc) is 2.58. The first kappa shape index (κ1) is 13.6. The number of rotatable bonds is 2. The van der Waals surface area contributed by atoms with Crippen molar-refractivity contribution in [3.63, 3.8) is 0 Å². The zero-order chi connectivity index (χ0) is 13.5. The van der Waals surface area contributed by atoms with Crippen molar-refractivity contribution in [3.05, 3.63) is 16.1 Å². The van der Waals surface area contributed by atoms with E-state index >= 15 is 0 Å². The summed E-state index contributed by atoms with van der Waals surface area (Å²) in [6, 6.07) is 2.09. The molecule has 0 saturated heterocycles. The SMILES string of the molecule is CC(C)c1cc2c(Cl)nc(NC(C)(C)C)nc2s1. The minimum absolute atomic E-state index is 0.0743. The van der Waals surface area contributed by atoms with E-state index in [4.69, 9.17) is 11.6 Å². The van der Waals surface area contributed by atoms with E-state index in [1.54, 1.807) is 11.3 Å². The molecule has 98 valence electrons. The molecule has 18 heavy (non-hydrogen) atoms. The molecule has 0 unspecified atom stereocenters. The van der Waals surface area contributed by atoms with E-state index in [-0.39, 0.29) is 5.54 Å². The van der Waals surface area contributed by atoms with Crippen LogP contribution >= 0.6 is 22.9 Å². The van der Waals surface area contributed by atoms with Gasteiger partial charge in [0.25, 0.3) is 0 Å². The highest BCUT2D eigenvalue weighted by molar-refractivity contribution is 7.18. The minimum atomic E-state index is -0.0743. The zero-order valence-corrected chi connectivity index (χ0v) is 12.9. The summed E-state index contributed by atoms with van der Waals surface area (Å²) in [5, 5.41) is 4.72. The van der Waals surface area contributed by atoms with Crippen molar-refractivity contribution in [1.29, 1.82) is 0 Å². The van der Waals surface area contributed by atoms with Crippen molar-refractivity contribution in [2.45, 2.75) is 46.1 Å². The summed E-state index contributed by atoms with van der Waals surface area (Å²) in [6.07, 6.45) is 0. The molecular formula is C13H18ClN3S. The molecule has 0 aliphatic heterocycles. The molecule has 0 aromatic carbocycles. The second-order valence-corrected chi connectivity index (χ2v) is 7.16. The minimum Gasteiger partial charge on any atom is -0.350 e. The Hall–Kier alpha value is -0.870.